The maximum Gasteiger partial charge on any atom is 0.222 e. The van der Waals surface area contributed by atoms with E-state index in [1.54, 1.807) is 0 Å². The van der Waals surface area contributed by atoms with Crippen LogP contribution in [0.5, 0.6) is 0 Å². The molecule has 164 valence electrons. The second-order valence-electron chi connectivity index (χ2n) is 11.1. The van der Waals surface area contributed by atoms with Gasteiger partial charge in [-0.05, 0) is 70.0 Å². The number of rotatable bonds is 3. The number of pyridine rings is 1. The van der Waals surface area contributed by atoms with Crippen LogP contribution in [-0.2, 0) is 19.9 Å². The van der Waals surface area contributed by atoms with Gasteiger partial charge in [0.15, 0.2) is 6.20 Å². The summed E-state index contributed by atoms with van der Waals surface area (Å²) in [4.78, 5) is 2.89. The van der Waals surface area contributed by atoms with Crippen LogP contribution in [0.3, 0.4) is 0 Å². The van der Waals surface area contributed by atoms with Crippen LogP contribution in [0.2, 0.25) is 0 Å². The third kappa shape index (κ3) is 3.53. The summed E-state index contributed by atoms with van der Waals surface area (Å²) < 4.78 is 2.34. The summed E-state index contributed by atoms with van der Waals surface area (Å²) in [5.41, 5.74) is 7.46. The lowest BCUT2D eigenvalue weighted by Gasteiger charge is -2.26. The summed E-state index contributed by atoms with van der Waals surface area (Å²) in [6, 6.07) is 16.2. The third-order valence-electron chi connectivity index (χ3n) is 6.59. The van der Waals surface area contributed by atoms with Gasteiger partial charge in [-0.2, -0.15) is 0 Å². The first-order valence-electron chi connectivity index (χ1n) is 11.8. The quantitative estimate of drug-likeness (QED) is 0.257. The molecule has 0 atom stereocenters. The number of hydrogen-bond donors (Lipinski definition) is 0. The predicted molar refractivity (Wildman–Crippen MR) is 139 cm³/mol. The molecule has 0 saturated carbocycles. The van der Waals surface area contributed by atoms with Gasteiger partial charge in [-0.15, -0.1) is 0 Å². The van der Waals surface area contributed by atoms with E-state index in [0.717, 1.165) is 12.8 Å². The molecule has 0 bridgehead atoms. The molecule has 5 rings (SSSR count). The number of fused-ring (bicyclic) bond motifs is 3. The van der Waals surface area contributed by atoms with Crippen LogP contribution in [0.15, 0.2) is 58.5 Å². The van der Waals surface area contributed by atoms with E-state index >= 15 is 0 Å². The molecule has 0 N–H and O–H groups in total. The Balaban J connectivity index is 1.88. The van der Waals surface area contributed by atoms with Gasteiger partial charge in [0.1, 0.15) is 7.05 Å². The fourth-order valence-corrected chi connectivity index (χ4v) is 6.81. The van der Waals surface area contributed by atoms with Crippen molar-refractivity contribution in [1.29, 1.82) is 0 Å². The van der Waals surface area contributed by atoms with Crippen molar-refractivity contribution in [3.05, 3.63) is 65.4 Å². The van der Waals surface area contributed by atoms with Crippen LogP contribution in [0.4, 0.5) is 0 Å². The first kappa shape index (κ1) is 21.5. The molecule has 0 spiro atoms. The van der Waals surface area contributed by atoms with Crippen LogP contribution in [0.1, 0.15) is 51.3 Å². The first-order chi connectivity index (χ1) is 15.1. The molecule has 0 fully saturated rings. The van der Waals surface area contributed by atoms with Crippen molar-refractivity contribution in [3.8, 4) is 11.3 Å². The Bertz CT molecular complexity index is 1370. The molecule has 0 unspecified atom stereocenters. The average molecular weight is 441 g/mol. The first-order valence-corrected chi connectivity index (χ1v) is 12.6. The fraction of sp³-hybridized carbons (Fsp3) is 0.367. The lowest BCUT2D eigenvalue weighted by molar-refractivity contribution is -0.659. The normalized spacial score (nSPS) is 13.2. The van der Waals surface area contributed by atoms with Gasteiger partial charge >= 0.3 is 0 Å². The number of aryl methyl sites for hydroxylation is 2. The van der Waals surface area contributed by atoms with Crippen LogP contribution < -0.4 is 4.57 Å². The Labute approximate surface area is 196 Å². The molecule has 0 radical (unpaired) electrons. The number of nitrogens with zero attached hydrogens (tertiary/aromatic N) is 1. The van der Waals surface area contributed by atoms with Crippen LogP contribution in [-0.4, -0.2) is 0 Å². The van der Waals surface area contributed by atoms with Crippen LogP contribution in [0.25, 0.3) is 32.8 Å². The van der Waals surface area contributed by atoms with E-state index in [9.17, 15) is 0 Å². The molecule has 1 nitrogen and oxygen atoms in total. The highest BCUT2D eigenvalue weighted by Crippen LogP contribution is 2.52. The standard InChI is InChI=1S/C30H34NS/c1-18(2)14-24-23-11-9-8-10-22(23)19(3)26-28-27-21(12-13-31(28)7)15-20(17-30(4,5)6)16-25(27)32-29(24)26/h8-13,15-16,18H,14,17H2,1-7H3/q+1. The summed E-state index contributed by atoms with van der Waals surface area (Å²) in [7, 11) is 2.21. The van der Waals surface area contributed by atoms with E-state index in [4.69, 9.17) is 0 Å². The Morgan fingerprint density at radius 2 is 1.72 bits per heavy atom. The van der Waals surface area contributed by atoms with E-state index in [-0.39, 0.29) is 5.41 Å². The predicted octanol–water partition coefficient (Wildman–Crippen LogP) is 8.04. The second kappa shape index (κ2) is 7.63. The number of aromatic nitrogens is 1. The fourth-order valence-electron chi connectivity index (χ4n) is 5.39. The van der Waals surface area contributed by atoms with Crippen molar-refractivity contribution >= 4 is 33.3 Å². The topological polar surface area (TPSA) is 3.88 Å². The number of hydrogen-bond acceptors (Lipinski definition) is 1. The molecule has 0 amide bonds. The van der Waals surface area contributed by atoms with Crippen LogP contribution >= 0.6 is 11.8 Å². The largest absolute Gasteiger partial charge is 0.222 e. The molecule has 0 aliphatic carbocycles. The van der Waals surface area contributed by atoms with Crippen LogP contribution in [0, 0.1) is 18.3 Å². The summed E-state index contributed by atoms with van der Waals surface area (Å²) in [5.74, 6) is 0.615. The van der Waals surface area contributed by atoms with Gasteiger partial charge < -0.3 is 0 Å². The Hall–Kier alpha value is -2.32. The minimum Gasteiger partial charge on any atom is -0.200 e. The summed E-state index contributed by atoms with van der Waals surface area (Å²) in [6.45, 7) is 14.0. The highest BCUT2D eigenvalue weighted by molar-refractivity contribution is 7.99. The van der Waals surface area contributed by atoms with E-state index in [2.05, 4.69) is 102 Å². The van der Waals surface area contributed by atoms with E-state index in [1.807, 2.05) is 11.8 Å². The Kier molecular flexibility index (Phi) is 5.13. The second-order valence-corrected chi connectivity index (χ2v) is 12.2. The zero-order valence-electron chi connectivity index (χ0n) is 20.5. The monoisotopic (exact) mass is 440 g/mol. The maximum absolute atomic E-state index is 2.47. The van der Waals surface area contributed by atoms with Gasteiger partial charge in [-0.1, -0.05) is 76.7 Å². The highest BCUT2D eigenvalue weighted by atomic mass is 32.2. The molecule has 0 saturated heterocycles. The van der Waals surface area contributed by atoms with Gasteiger partial charge in [0.25, 0.3) is 0 Å². The summed E-state index contributed by atoms with van der Waals surface area (Å²) >= 11 is 2.01. The number of benzene rings is 3. The van der Waals surface area contributed by atoms with Crippen molar-refractivity contribution in [2.24, 2.45) is 18.4 Å². The van der Waals surface area contributed by atoms with Crippen molar-refractivity contribution < 1.29 is 4.57 Å². The van der Waals surface area contributed by atoms with Crippen molar-refractivity contribution in [2.45, 2.75) is 64.2 Å². The van der Waals surface area contributed by atoms with Gasteiger partial charge in [-0.3, -0.25) is 0 Å². The molecule has 2 heteroatoms. The van der Waals surface area contributed by atoms with E-state index in [1.165, 1.54) is 59.3 Å². The molecule has 32 heavy (non-hydrogen) atoms. The highest BCUT2D eigenvalue weighted by Gasteiger charge is 2.32. The minimum absolute atomic E-state index is 0.273. The van der Waals surface area contributed by atoms with Gasteiger partial charge in [-0.25, -0.2) is 4.57 Å². The molecule has 3 aromatic carbocycles. The molecule has 1 aromatic heterocycles. The summed E-state index contributed by atoms with van der Waals surface area (Å²) in [5, 5.41) is 5.60. The van der Waals surface area contributed by atoms with Gasteiger partial charge in [0.05, 0.1) is 10.9 Å². The zero-order valence-corrected chi connectivity index (χ0v) is 21.3. The van der Waals surface area contributed by atoms with E-state index in [0.29, 0.717) is 5.92 Å². The van der Waals surface area contributed by atoms with Gasteiger partial charge in [0.2, 0.25) is 5.69 Å². The van der Waals surface area contributed by atoms with E-state index < -0.39 is 0 Å². The van der Waals surface area contributed by atoms with Gasteiger partial charge in [0, 0.05) is 15.9 Å². The summed E-state index contributed by atoms with van der Waals surface area (Å²) in [6.07, 6.45) is 4.45. The smallest absolute Gasteiger partial charge is 0.200 e. The van der Waals surface area contributed by atoms with Crippen molar-refractivity contribution in [2.75, 3.05) is 0 Å². The molecular formula is C30H34NS+. The third-order valence-corrected chi connectivity index (χ3v) is 7.78. The lowest BCUT2D eigenvalue weighted by atomic mass is 9.86. The Morgan fingerprint density at radius 3 is 2.41 bits per heavy atom. The SMILES string of the molecule is Cc1c2c(c(CC(C)C)c3ccccc13)Sc1cc(CC(C)(C)C)cc3cc[n+](C)c-2c13. The van der Waals surface area contributed by atoms with Crippen molar-refractivity contribution in [1.82, 2.24) is 0 Å². The average Bonchev–Trinajstić information content (AvgIpc) is 2.71. The Morgan fingerprint density at radius 1 is 1.00 bits per heavy atom. The van der Waals surface area contributed by atoms with Crippen molar-refractivity contribution in [3.63, 3.8) is 0 Å². The zero-order chi connectivity index (χ0) is 22.8. The maximum atomic E-state index is 2.47. The molecule has 2 heterocycles. The molecule has 1 aliphatic heterocycles. The minimum atomic E-state index is 0.273. The molecule has 1 aliphatic rings. The molecular weight excluding hydrogens is 406 g/mol. The molecule has 4 aromatic rings. The lowest BCUT2D eigenvalue weighted by Crippen LogP contribution is -2.32.